The van der Waals surface area contributed by atoms with Gasteiger partial charge in [0, 0.05) is 39.7 Å². The fourth-order valence-electron chi connectivity index (χ4n) is 5.06. The van der Waals surface area contributed by atoms with Crippen molar-refractivity contribution < 1.29 is 4.39 Å². The predicted molar refractivity (Wildman–Crippen MR) is 152 cm³/mol. The molecule has 6 rings (SSSR count). The van der Waals surface area contributed by atoms with Crippen molar-refractivity contribution in [3.05, 3.63) is 95.9 Å². The molecule has 5 aromatic rings. The highest BCUT2D eigenvalue weighted by Gasteiger charge is 2.18. The smallest absolute Gasteiger partial charge is 0.246 e. The molecule has 3 heterocycles. The fraction of sp³-hybridized carbons (Fsp3) is 0.233. The largest absolute Gasteiger partial charge is 0.367 e. The van der Waals surface area contributed by atoms with E-state index in [0.717, 1.165) is 59.1 Å². The summed E-state index contributed by atoms with van der Waals surface area (Å²) >= 11 is 0. The van der Waals surface area contributed by atoms with Crippen LogP contribution >= 0.6 is 0 Å². The molecule has 1 fully saturated rings. The number of anilines is 2. The zero-order valence-electron chi connectivity index (χ0n) is 21.3. The van der Waals surface area contributed by atoms with E-state index in [1.165, 1.54) is 6.07 Å². The highest BCUT2D eigenvalue weighted by atomic mass is 19.1. The first-order valence-corrected chi connectivity index (χ1v) is 13.0. The summed E-state index contributed by atoms with van der Waals surface area (Å²) in [6, 6.07) is 23.3. The molecule has 1 saturated heterocycles. The molecule has 0 amide bonds. The Hall–Kier alpha value is -4.30. The van der Waals surface area contributed by atoms with E-state index in [0.29, 0.717) is 24.1 Å². The third kappa shape index (κ3) is 5.08. The topological polar surface area (TPSA) is 70.4 Å². The van der Waals surface area contributed by atoms with Crippen LogP contribution in [0.5, 0.6) is 0 Å². The Bertz CT molecular complexity index is 1600. The molecule has 8 heteroatoms. The minimum absolute atomic E-state index is 0.208. The molecule has 192 valence electrons. The molecule has 0 aliphatic carbocycles. The van der Waals surface area contributed by atoms with Crippen LogP contribution in [0.3, 0.4) is 0 Å². The molecule has 1 aliphatic heterocycles. The number of rotatable bonds is 7. The van der Waals surface area contributed by atoms with Gasteiger partial charge >= 0.3 is 0 Å². The Balaban J connectivity index is 1.25. The van der Waals surface area contributed by atoms with Crippen LogP contribution in [0.1, 0.15) is 24.0 Å². The summed E-state index contributed by atoms with van der Waals surface area (Å²) < 4.78 is 16.4. The SMILES string of the molecule is CN1CCC(Nc2nc(N/N=C/c3cn(Cc4ccccc4F)c4ccccc34)nc3ccccc23)CC1. The third-order valence-electron chi connectivity index (χ3n) is 7.15. The Morgan fingerprint density at radius 3 is 2.53 bits per heavy atom. The number of hydrazone groups is 1. The van der Waals surface area contributed by atoms with E-state index in [2.05, 4.69) is 32.8 Å². The number of fused-ring (bicyclic) bond motifs is 2. The third-order valence-corrected chi connectivity index (χ3v) is 7.15. The number of hydrogen-bond acceptors (Lipinski definition) is 6. The van der Waals surface area contributed by atoms with Crippen LogP contribution in [0.15, 0.2) is 84.1 Å². The zero-order valence-corrected chi connectivity index (χ0v) is 21.3. The maximum Gasteiger partial charge on any atom is 0.246 e. The van der Waals surface area contributed by atoms with Gasteiger partial charge in [0.2, 0.25) is 5.95 Å². The van der Waals surface area contributed by atoms with Gasteiger partial charge < -0.3 is 14.8 Å². The number of likely N-dealkylation sites (tertiary alicyclic amines) is 1. The molecule has 2 N–H and O–H groups in total. The Kier molecular flexibility index (Phi) is 6.71. The Morgan fingerprint density at radius 2 is 1.68 bits per heavy atom. The number of para-hydroxylation sites is 2. The van der Waals surface area contributed by atoms with Gasteiger partial charge in [-0.1, -0.05) is 48.5 Å². The number of hydrogen-bond donors (Lipinski definition) is 2. The van der Waals surface area contributed by atoms with Crippen molar-refractivity contribution in [1.82, 2.24) is 19.4 Å². The Labute approximate surface area is 221 Å². The summed E-state index contributed by atoms with van der Waals surface area (Å²) in [5.74, 6) is 1.05. The molecule has 0 spiro atoms. The minimum Gasteiger partial charge on any atom is -0.367 e. The van der Waals surface area contributed by atoms with Crippen molar-refractivity contribution in [2.24, 2.45) is 5.10 Å². The van der Waals surface area contributed by atoms with Crippen LogP contribution in [0.25, 0.3) is 21.8 Å². The van der Waals surface area contributed by atoms with Crippen molar-refractivity contribution in [1.29, 1.82) is 0 Å². The number of nitrogens with zero attached hydrogens (tertiary/aromatic N) is 5. The van der Waals surface area contributed by atoms with Crippen molar-refractivity contribution in [2.75, 3.05) is 30.9 Å². The lowest BCUT2D eigenvalue weighted by Gasteiger charge is -2.30. The standard InChI is InChI=1S/C30H30FN7/c1-37-16-14-23(15-17-37)33-29-25-10-3-6-12-27(25)34-30(35-29)36-32-18-22-20-38(28-13-7-4-9-24(22)28)19-21-8-2-5-11-26(21)31/h2-13,18,20,23H,14-17,19H2,1H3,(H2,33,34,35,36)/b32-18+. The second kappa shape index (κ2) is 10.6. The van der Waals surface area contributed by atoms with Crippen LogP contribution in [0.4, 0.5) is 16.2 Å². The lowest BCUT2D eigenvalue weighted by molar-refractivity contribution is 0.264. The zero-order chi connectivity index (χ0) is 25.9. The molecule has 0 unspecified atom stereocenters. The van der Waals surface area contributed by atoms with E-state index in [9.17, 15) is 4.39 Å². The molecule has 7 nitrogen and oxygen atoms in total. The minimum atomic E-state index is -0.208. The monoisotopic (exact) mass is 507 g/mol. The van der Waals surface area contributed by atoms with E-state index in [4.69, 9.17) is 4.98 Å². The Morgan fingerprint density at radius 1 is 0.947 bits per heavy atom. The summed E-state index contributed by atoms with van der Waals surface area (Å²) in [5, 5.41) is 10.2. The molecule has 0 bridgehead atoms. The van der Waals surface area contributed by atoms with Crippen LogP contribution < -0.4 is 10.7 Å². The van der Waals surface area contributed by atoms with Crippen molar-refractivity contribution in [3.63, 3.8) is 0 Å². The van der Waals surface area contributed by atoms with Gasteiger partial charge in [-0.05, 0) is 57.2 Å². The van der Waals surface area contributed by atoms with Gasteiger partial charge in [0.15, 0.2) is 0 Å². The van der Waals surface area contributed by atoms with Crippen molar-refractivity contribution in [3.8, 4) is 0 Å². The van der Waals surface area contributed by atoms with Gasteiger partial charge in [0.1, 0.15) is 11.6 Å². The number of benzene rings is 3. The average molecular weight is 508 g/mol. The first-order valence-electron chi connectivity index (χ1n) is 13.0. The molecule has 1 aliphatic rings. The molecule has 3 aromatic carbocycles. The van der Waals surface area contributed by atoms with Crippen LogP contribution in [-0.4, -0.2) is 51.8 Å². The number of nitrogens with one attached hydrogen (secondary N) is 2. The summed E-state index contributed by atoms with van der Waals surface area (Å²) in [6.45, 7) is 2.58. The number of piperidine rings is 1. The highest BCUT2D eigenvalue weighted by molar-refractivity contribution is 5.99. The highest BCUT2D eigenvalue weighted by Crippen LogP contribution is 2.25. The predicted octanol–water partition coefficient (Wildman–Crippen LogP) is 5.72. The molecular formula is C30H30FN7. The quantitative estimate of drug-likeness (QED) is 0.218. The lowest BCUT2D eigenvalue weighted by atomic mass is 10.1. The average Bonchev–Trinajstić information content (AvgIpc) is 3.28. The van der Waals surface area contributed by atoms with E-state index in [-0.39, 0.29) is 5.82 Å². The van der Waals surface area contributed by atoms with E-state index in [1.54, 1.807) is 12.3 Å². The fourth-order valence-corrected chi connectivity index (χ4v) is 5.06. The van der Waals surface area contributed by atoms with E-state index < -0.39 is 0 Å². The van der Waals surface area contributed by atoms with Crippen molar-refractivity contribution in [2.45, 2.75) is 25.4 Å². The van der Waals surface area contributed by atoms with E-state index >= 15 is 0 Å². The van der Waals surface area contributed by atoms with E-state index in [1.807, 2.05) is 71.4 Å². The summed E-state index contributed by atoms with van der Waals surface area (Å²) in [5.41, 5.74) is 6.48. The van der Waals surface area contributed by atoms with Gasteiger partial charge in [-0.3, -0.25) is 0 Å². The van der Waals surface area contributed by atoms with Gasteiger partial charge in [0.05, 0.1) is 18.3 Å². The summed E-state index contributed by atoms with van der Waals surface area (Å²) in [6.07, 6.45) is 5.92. The normalized spacial score (nSPS) is 15.0. The maximum atomic E-state index is 14.3. The first-order chi connectivity index (χ1) is 18.6. The summed E-state index contributed by atoms with van der Waals surface area (Å²) in [7, 11) is 2.16. The molecule has 0 atom stereocenters. The second-order valence-corrected chi connectivity index (χ2v) is 9.83. The molecule has 38 heavy (non-hydrogen) atoms. The van der Waals surface area contributed by atoms with Crippen molar-refractivity contribution >= 4 is 39.8 Å². The number of aromatic nitrogens is 3. The van der Waals surface area contributed by atoms with Gasteiger partial charge in [-0.15, -0.1) is 0 Å². The van der Waals surface area contributed by atoms with Gasteiger partial charge in [-0.25, -0.2) is 14.8 Å². The number of halogens is 1. The van der Waals surface area contributed by atoms with Crippen LogP contribution in [0.2, 0.25) is 0 Å². The maximum absolute atomic E-state index is 14.3. The summed E-state index contributed by atoms with van der Waals surface area (Å²) in [4.78, 5) is 11.8. The lowest BCUT2D eigenvalue weighted by Crippen LogP contribution is -2.37. The second-order valence-electron chi connectivity index (χ2n) is 9.83. The first kappa shape index (κ1) is 24.1. The molecular weight excluding hydrogens is 477 g/mol. The van der Waals surface area contributed by atoms with Gasteiger partial charge in [-0.2, -0.15) is 10.1 Å². The van der Waals surface area contributed by atoms with Crippen LogP contribution in [-0.2, 0) is 6.54 Å². The molecule has 2 aromatic heterocycles. The molecule has 0 radical (unpaired) electrons. The van der Waals surface area contributed by atoms with Crippen LogP contribution in [0, 0.1) is 5.82 Å². The molecule has 0 saturated carbocycles. The van der Waals surface area contributed by atoms with Gasteiger partial charge in [0.25, 0.3) is 0 Å².